The molecule has 0 aliphatic heterocycles. The Balaban J connectivity index is 2.52. The van der Waals surface area contributed by atoms with Crippen LogP contribution in [0, 0.1) is 6.92 Å². The smallest absolute Gasteiger partial charge is 0.211 e. The number of guanidine groups is 1. The zero-order valence-electron chi connectivity index (χ0n) is 15.6. The van der Waals surface area contributed by atoms with Crippen molar-refractivity contribution in [2.45, 2.75) is 33.7 Å². The Hall–Kier alpha value is -1.80. The van der Waals surface area contributed by atoms with Crippen LogP contribution in [0.15, 0.2) is 23.2 Å². The maximum atomic E-state index is 11.4. The quantitative estimate of drug-likeness (QED) is 0.329. The van der Waals surface area contributed by atoms with Gasteiger partial charge in [0.15, 0.2) is 5.96 Å². The molecule has 0 saturated carbocycles. The van der Waals surface area contributed by atoms with E-state index in [1.807, 2.05) is 25.1 Å². The zero-order valence-corrected chi connectivity index (χ0v) is 16.4. The number of aliphatic imine (C=N–C) groups is 1. The topological polar surface area (TPSA) is 91.8 Å². The lowest BCUT2D eigenvalue weighted by atomic mass is 10.1. The van der Waals surface area contributed by atoms with E-state index < -0.39 is 10.0 Å². The molecule has 25 heavy (non-hydrogen) atoms. The Morgan fingerprint density at radius 2 is 1.96 bits per heavy atom. The minimum Gasteiger partial charge on any atom is -0.493 e. The molecule has 0 unspecified atom stereocenters. The van der Waals surface area contributed by atoms with E-state index in [1.165, 1.54) is 0 Å². The lowest BCUT2D eigenvalue weighted by molar-refractivity contribution is 0.313. The molecule has 1 aromatic rings. The van der Waals surface area contributed by atoms with Gasteiger partial charge in [0.1, 0.15) is 5.75 Å². The number of hydrogen-bond acceptors (Lipinski definition) is 4. The largest absolute Gasteiger partial charge is 0.493 e. The number of aryl methyl sites for hydroxylation is 1. The molecule has 0 bridgehead atoms. The Morgan fingerprint density at radius 1 is 1.20 bits per heavy atom. The predicted octanol–water partition coefficient (Wildman–Crippen LogP) is 1.39. The average molecular weight is 371 g/mol. The van der Waals surface area contributed by atoms with E-state index in [0.717, 1.165) is 23.3 Å². The Kier molecular flexibility index (Phi) is 9.30. The van der Waals surface area contributed by atoms with Gasteiger partial charge in [-0.2, -0.15) is 0 Å². The summed E-state index contributed by atoms with van der Waals surface area (Å²) in [6, 6.07) is 6.11. The molecule has 3 N–H and O–H groups in total. The Labute approximate surface area is 151 Å². The van der Waals surface area contributed by atoms with Crippen LogP contribution >= 0.6 is 0 Å². The first-order chi connectivity index (χ1) is 11.9. The highest BCUT2D eigenvalue weighted by Gasteiger charge is 2.07. The molecule has 7 nitrogen and oxygen atoms in total. The molecular formula is C17H30N4O3S. The van der Waals surface area contributed by atoms with E-state index in [0.29, 0.717) is 32.2 Å². The monoisotopic (exact) mass is 370 g/mol. The van der Waals surface area contributed by atoms with Gasteiger partial charge in [0.05, 0.1) is 12.4 Å². The lowest BCUT2D eigenvalue weighted by Crippen LogP contribution is -2.41. The van der Waals surface area contributed by atoms with Crippen molar-refractivity contribution < 1.29 is 13.2 Å². The zero-order chi connectivity index (χ0) is 18.7. The first-order valence-electron chi connectivity index (χ1n) is 8.56. The molecule has 0 heterocycles. The highest BCUT2D eigenvalue weighted by molar-refractivity contribution is 7.89. The van der Waals surface area contributed by atoms with Gasteiger partial charge in [0.2, 0.25) is 10.0 Å². The lowest BCUT2D eigenvalue weighted by Gasteiger charge is -2.15. The summed E-state index contributed by atoms with van der Waals surface area (Å²) in [7, 11) is -1.49. The van der Waals surface area contributed by atoms with E-state index in [1.54, 1.807) is 14.0 Å². The highest BCUT2D eigenvalue weighted by Crippen LogP contribution is 2.20. The standard InChI is InChI=1S/C17H30N4O3S/c1-5-11-24-16-12-14(3)7-8-15(16)13-20-17(18-4)19-9-10-21-25(22,23)6-2/h7-8,12,21H,5-6,9-11,13H2,1-4H3,(H2,18,19,20). The van der Waals surface area contributed by atoms with Crippen molar-refractivity contribution in [1.82, 2.24) is 15.4 Å². The number of rotatable bonds is 10. The molecule has 0 fully saturated rings. The molecule has 1 rings (SSSR count). The summed E-state index contributed by atoms with van der Waals surface area (Å²) in [5, 5.41) is 6.30. The van der Waals surface area contributed by atoms with Gasteiger partial charge in [0, 0.05) is 32.2 Å². The summed E-state index contributed by atoms with van der Waals surface area (Å²) in [6.45, 7) is 7.73. The molecule has 0 aliphatic rings. The minimum atomic E-state index is -3.16. The third kappa shape index (κ3) is 8.22. The molecule has 0 amide bonds. The van der Waals surface area contributed by atoms with Gasteiger partial charge in [-0.05, 0) is 31.9 Å². The summed E-state index contributed by atoms with van der Waals surface area (Å²) in [4.78, 5) is 4.14. The van der Waals surface area contributed by atoms with Gasteiger partial charge < -0.3 is 15.4 Å². The summed E-state index contributed by atoms with van der Waals surface area (Å²) < 4.78 is 31.1. The summed E-state index contributed by atoms with van der Waals surface area (Å²) in [5.41, 5.74) is 2.20. The van der Waals surface area contributed by atoms with Crippen molar-refractivity contribution in [2.75, 3.05) is 32.5 Å². The number of nitrogens with zero attached hydrogens (tertiary/aromatic N) is 1. The second kappa shape index (κ2) is 10.9. The number of hydrogen-bond donors (Lipinski definition) is 3. The predicted molar refractivity (Wildman–Crippen MR) is 103 cm³/mol. The molecule has 0 aliphatic carbocycles. The summed E-state index contributed by atoms with van der Waals surface area (Å²) in [5.74, 6) is 1.56. The first kappa shape index (κ1) is 21.2. The van der Waals surface area contributed by atoms with E-state index >= 15 is 0 Å². The summed E-state index contributed by atoms with van der Waals surface area (Å²) in [6.07, 6.45) is 0.956. The SMILES string of the molecule is CCCOc1cc(C)ccc1CNC(=NC)NCCNS(=O)(=O)CC. The third-order valence-electron chi connectivity index (χ3n) is 3.47. The van der Waals surface area contributed by atoms with E-state index in [2.05, 4.69) is 27.3 Å². The van der Waals surface area contributed by atoms with Crippen LogP contribution in [-0.4, -0.2) is 46.9 Å². The van der Waals surface area contributed by atoms with Crippen molar-refractivity contribution in [2.24, 2.45) is 4.99 Å². The average Bonchev–Trinajstić information content (AvgIpc) is 2.60. The number of benzene rings is 1. The van der Waals surface area contributed by atoms with Gasteiger partial charge in [-0.15, -0.1) is 0 Å². The second-order valence-electron chi connectivity index (χ2n) is 5.61. The molecule has 0 atom stereocenters. The van der Waals surface area contributed by atoms with E-state index in [4.69, 9.17) is 4.74 Å². The van der Waals surface area contributed by atoms with E-state index in [9.17, 15) is 8.42 Å². The van der Waals surface area contributed by atoms with Gasteiger partial charge in [-0.25, -0.2) is 13.1 Å². The Morgan fingerprint density at radius 3 is 2.60 bits per heavy atom. The maximum Gasteiger partial charge on any atom is 0.211 e. The molecule has 8 heteroatoms. The van der Waals surface area contributed by atoms with E-state index in [-0.39, 0.29) is 5.75 Å². The molecule has 0 saturated heterocycles. The minimum absolute atomic E-state index is 0.0773. The van der Waals surface area contributed by atoms with Crippen molar-refractivity contribution in [1.29, 1.82) is 0 Å². The fraction of sp³-hybridized carbons (Fsp3) is 0.588. The van der Waals surface area contributed by atoms with Crippen LogP contribution in [0.1, 0.15) is 31.4 Å². The van der Waals surface area contributed by atoms with Crippen LogP contribution < -0.4 is 20.1 Å². The fourth-order valence-electron chi connectivity index (χ4n) is 2.04. The van der Waals surface area contributed by atoms with Crippen LogP contribution in [0.4, 0.5) is 0 Å². The van der Waals surface area contributed by atoms with Gasteiger partial charge in [-0.3, -0.25) is 4.99 Å². The maximum absolute atomic E-state index is 11.4. The van der Waals surface area contributed by atoms with Crippen molar-refractivity contribution >= 4 is 16.0 Å². The third-order valence-corrected chi connectivity index (χ3v) is 4.88. The summed E-state index contributed by atoms with van der Waals surface area (Å²) >= 11 is 0. The normalized spacial score (nSPS) is 12.1. The molecule has 0 aromatic heterocycles. The van der Waals surface area contributed by atoms with Crippen LogP contribution in [0.5, 0.6) is 5.75 Å². The molecule has 0 spiro atoms. The van der Waals surface area contributed by atoms with Crippen LogP contribution in [-0.2, 0) is 16.6 Å². The van der Waals surface area contributed by atoms with Gasteiger partial charge in [0.25, 0.3) is 0 Å². The van der Waals surface area contributed by atoms with Crippen molar-refractivity contribution in [3.8, 4) is 5.75 Å². The molecule has 1 aromatic carbocycles. The molecule has 0 radical (unpaired) electrons. The second-order valence-corrected chi connectivity index (χ2v) is 7.71. The van der Waals surface area contributed by atoms with Crippen molar-refractivity contribution in [3.05, 3.63) is 29.3 Å². The number of sulfonamides is 1. The Bertz CT molecular complexity index is 660. The van der Waals surface area contributed by atoms with Gasteiger partial charge in [-0.1, -0.05) is 19.1 Å². The van der Waals surface area contributed by atoms with Crippen LogP contribution in [0.3, 0.4) is 0 Å². The molecule has 142 valence electrons. The molecular weight excluding hydrogens is 340 g/mol. The first-order valence-corrected chi connectivity index (χ1v) is 10.2. The number of nitrogens with one attached hydrogen (secondary N) is 3. The number of ether oxygens (including phenoxy) is 1. The van der Waals surface area contributed by atoms with Gasteiger partial charge >= 0.3 is 0 Å². The van der Waals surface area contributed by atoms with Crippen molar-refractivity contribution in [3.63, 3.8) is 0 Å². The fourth-order valence-corrected chi connectivity index (χ4v) is 2.66. The van der Waals surface area contributed by atoms with Crippen LogP contribution in [0.2, 0.25) is 0 Å². The van der Waals surface area contributed by atoms with Crippen LogP contribution in [0.25, 0.3) is 0 Å². The highest BCUT2D eigenvalue weighted by atomic mass is 32.2.